The van der Waals surface area contributed by atoms with Gasteiger partial charge in [-0.3, -0.25) is 4.79 Å². The van der Waals surface area contributed by atoms with Crippen LogP contribution in [-0.2, 0) is 4.74 Å². The second-order valence-electron chi connectivity index (χ2n) is 4.42. The molecule has 0 radical (unpaired) electrons. The topological polar surface area (TPSA) is 64.4 Å². The molecule has 1 aliphatic rings. The fourth-order valence-corrected chi connectivity index (χ4v) is 1.94. The van der Waals surface area contributed by atoms with Crippen LogP contribution in [0.4, 0.5) is 5.69 Å². The van der Waals surface area contributed by atoms with Crippen molar-refractivity contribution >= 4 is 11.6 Å². The lowest BCUT2D eigenvalue weighted by molar-refractivity contribution is 0.0536. The largest absolute Gasteiger partial charge is 0.399 e. The molecule has 92 valence electrons. The molecule has 1 heterocycles. The Balaban J connectivity index is 1.82. The van der Waals surface area contributed by atoms with Crippen molar-refractivity contribution < 1.29 is 9.53 Å². The zero-order valence-electron chi connectivity index (χ0n) is 9.82. The molecule has 1 aromatic rings. The van der Waals surface area contributed by atoms with Crippen molar-refractivity contribution in [2.45, 2.75) is 12.8 Å². The predicted molar refractivity (Wildman–Crippen MR) is 66.7 cm³/mol. The van der Waals surface area contributed by atoms with E-state index >= 15 is 0 Å². The van der Waals surface area contributed by atoms with Gasteiger partial charge in [-0.2, -0.15) is 0 Å². The molecule has 2 rings (SSSR count). The maximum absolute atomic E-state index is 11.8. The van der Waals surface area contributed by atoms with Crippen molar-refractivity contribution in [2.75, 3.05) is 25.5 Å². The highest BCUT2D eigenvalue weighted by molar-refractivity contribution is 5.94. The maximum atomic E-state index is 11.8. The number of hydrogen-bond acceptors (Lipinski definition) is 3. The van der Waals surface area contributed by atoms with Crippen LogP contribution in [0.5, 0.6) is 0 Å². The second kappa shape index (κ2) is 5.68. The lowest BCUT2D eigenvalue weighted by atomic mass is 10.0. The molecule has 4 nitrogen and oxygen atoms in total. The molecule has 1 aliphatic heterocycles. The van der Waals surface area contributed by atoms with E-state index in [1.54, 1.807) is 24.3 Å². The van der Waals surface area contributed by atoms with Crippen LogP contribution in [0.15, 0.2) is 24.3 Å². The molecule has 1 saturated heterocycles. The number of nitrogens with one attached hydrogen (secondary N) is 1. The number of carbonyl (C=O) groups is 1. The van der Waals surface area contributed by atoms with Gasteiger partial charge in [0.05, 0.1) is 6.61 Å². The monoisotopic (exact) mass is 234 g/mol. The van der Waals surface area contributed by atoms with Gasteiger partial charge >= 0.3 is 0 Å². The summed E-state index contributed by atoms with van der Waals surface area (Å²) in [5, 5.41) is 2.93. The van der Waals surface area contributed by atoms with Crippen LogP contribution in [0.25, 0.3) is 0 Å². The summed E-state index contributed by atoms with van der Waals surface area (Å²) in [4.78, 5) is 11.8. The number of nitrogen functional groups attached to an aromatic ring is 1. The number of rotatable bonds is 3. The van der Waals surface area contributed by atoms with Crippen LogP contribution in [0.3, 0.4) is 0 Å². The van der Waals surface area contributed by atoms with Crippen molar-refractivity contribution in [3.8, 4) is 0 Å². The zero-order valence-corrected chi connectivity index (χ0v) is 9.82. The smallest absolute Gasteiger partial charge is 0.251 e. The van der Waals surface area contributed by atoms with Gasteiger partial charge in [0.2, 0.25) is 0 Å². The normalized spacial score (nSPS) is 19.9. The average Bonchev–Trinajstić information content (AvgIpc) is 2.38. The van der Waals surface area contributed by atoms with Crippen LogP contribution >= 0.6 is 0 Å². The summed E-state index contributed by atoms with van der Waals surface area (Å²) in [6.07, 6.45) is 2.21. The van der Waals surface area contributed by atoms with E-state index in [1.165, 1.54) is 0 Å². The lowest BCUT2D eigenvalue weighted by Gasteiger charge is -2.22. The summed E-state index contributed by atoms with van der Waals surface area (Å²) < 4.78 is 5.37. The van der Waals surface area contributed by atoms with Gasteiger partial charge in [-0.05, 0) is 43.0 Å². The molecule has 3 N–H and O–H groups in total. The highest BCUT2D eigenvalue weighted by Crippen LogP contribution is 2.12. The van der Waals surface area contributed by atoms with Crippen LogP contribution in [0.1, 0.15) is 23.2 Å². The third-order valence-electron chi connectivity index (χ3n) is 2.98. The molecular weight excluding hydrogens is 216 g/mol. The van der Waals surface area contributed by atoms with E-state index in [1.807, 2.05) is 0 Å². The molecular formula is C13H18N2O2. The summed E-state index contributed by atoms with van der Waals surface area (Å²) >= 11 is 0. The number of carbonyl (C=O) groups excluding carboxylic acids is 1. The molecule has 1 atom stereocenters. The highest BCUT2D eigenvalue weighted by Gasteiger charge is 2.15. The number of ether oxygens (including phenoxy) is 1. The Bertz CT molecular complexity index is 370. The van der Waals surface area contributed by atoms with Gasteiger partial charge in [-0.15, -0.1) is 0 Å². The molecule has 0 aliphatic carbocycles. The molecule has 0 bridgehead atoms. The Morgan fingerprint density at radius 2 is 2.18 bits per heavy atom. The standard InChI is InChI=1S/C13H18N2O2/c14-12-5-3-11(4-6-12)13(16)15-8-10-2-1-7-17-9-10/h3-6,10H,1-2,7-9,14H2,(H,15,16). The maximum Gasteiger partial charge on any atom is 0.251 e. The average molecular weight is 234 g/mol. The first-order valence-corrected chi connectivity index (χ1v) is 5.97. The molecule has 1 unspecified atom stereocenters. The zero-order chi connectivity index (χ0) is 12.1. The van der Waals surface area contributed by atoms with Crippen LogP contribution < -0.4 is 11.1 Å². The number of hydrogen-bond donors (Lipinski definition) is 2. The first-order chi connectivity index (χ1) is 8.25. The Hall–Kier alpha value is -1.55. The molecule has 4 heteroatoms. The summed E-state index contributed by atoms with van der Waals surface area (Å²) in [5.74, 6) is 0.400. The van der Waals surface area contributed by atoms with Gasteiger partial charge in [0.1, 0.15) is 0 Å². The van der Waals surface area contributed by atoms with E-state index in [-0.39, 0.29) is 5.91 Å². The van der Waals surface area contributed by atoms with Crippen molar-refractivity contribution in [2.24, 2.45) is 5.92 Å². The fraction of sp³-hybridized carbons (Fsp3) is 0.462. The number of nitrogens with two attached hydrogens (primary N) is 1. The van der Waals surface area contributed by atoms with E-state index in [0.717, 1.165) is 26.1 Å². The Labute approximate surface area is 101 Å². The molecule has 1 amide bonds. The first kappa shape index (κ1) is 11.9. The van der Waals surface area contributed by atoms with Gasteiger partial charge < -0.3 is 15.8 Å². The Kier molecular flexibility index (Phi) is 3.98. The van der Waals surface area contributed by atoms with E-state index < -0.39 is 0 Å². The first-order valence-electron chi connectivity index (χ1n) is 5.97. The van der Waals surface area contributed by atoms with Crippen molar-refractivity contribution in [1.82, 2.24) is 5.32 Å². The van der Waals surface area contributed by atoms with Gasteiger partial charge in [0.15, 0.2) is 0 Å². The van der Waals surface area contributed by atoms with Gasteiger partial charge in [-0.1, -0.05) is 0 Å². The number of amides is 1. The van der Waals surface area contributed by atoms with Crippen molar-refractivity contribution in [3.05, 3.63) is 29.8 Å². The SMILES string of the molecule is Nc1ccc(C(=O)NCC2CCCOC2)cc1. The third-order valence-corrected chi connectivity index (χ3v) is 2.98. The van der Waals surface area contributed by atoms with Gasteiger partial charge in [0.25, 0.3) is 5.91 Å². The molecule has 17 heavy (non-hydrogen) atoms. The molecule has 0 spiro atoms. The third kappa shape index (κ3) is 3.46. The Morgan fingerprint density at radius 3 is 2.82 bits per heavy atom. The minimum atomic E-state index is -0.0458. The quantitative estimate of drug-likeness (QED) is 0.777. The highest BCUT2D eigenvalue weighted by atomic mass is 16.5. The van der Waals surface area contributed by atoms with E-state index in [9.17, 15) is 4.79 Å². The van der Waals surface area contributed by atoms with Crippen LogP contribution in [0, 0.1) is 5.92 Å². The molecule has 0 saturated carbocycles. The second-order valence-corrected chi connectivity index (χ2v) is 4.42. The minimum Gasteiger partial charge on any atom is -0.399 e. The summed E-state index contributed by atoms with van der Waals surface area (Å²) in [5.41, 5.74) is 6.89. The minimum absolute atomic E-state index is 0.0458. The van der Waals surface area contributed by atoms with E-state index in [0.29, 0.717) is 23.7 Å². The number of anilines is 1. The van der Waals surface area contributed by atoms with E-state index in [4.69, 9.17) is 10.5 Å². The number of benzene rings is 1. The summed E-state index contributed by atoms with van der Waals surface area (Å²) in [7, 11) is 0. The van der Waals surface area contributed by atoms with Crippen molar-refractivity contribution in [3.63, 3.8) is 0 Å². The predicted octanol–water partition coefficient (Wildman–Crippen LogP) is 1.43. The fourth-order valence-electron chi connectivity index (χ4n) is 1.94. The van der Waals surface area contributed by atoms with Crippen LogP contribution in [-0.4, -0.2) is 25.7 Å². The van der Waals surface area contributed by atoms with Crippen molar-refractivity contribution in [1.29, 1.82) is 0 Å². The molecule has 1 fully saturated rings. The molecule has 1 aromatic carbocycles. The lowest BCUT2D eigenvalue weighted by Crippen LogP contribution is -2.33. The van der Waals surface area contributed by atoms with Crippen LogP contribution in [0.2, 0.25) is 0 Å². The Morgan fingerprint density at radius 1 is 1.41 bits per heavy atom. The van der Waals surface area contributed by atoms with Gasteiger partial charge in [-0.25, -0.2) is 0 Å². The summed E-state index contributed by atoms with van der Waals surface area (Å²) in [6, 6.07) is 6.95. The van der Waals surface area contributed by atoms with Gasteiger partial charge in [0, 0.05) is 24.4 Å². The van der Waals surface area contributed by atoms with E-state index in [2.05, 4.69) is 5.32 Å². The molecule has 0 aromatic heterocycles. The summed E-state index contributed by atoms with van der Waals surface area (Å²) in [6.45, 7) is 2.29.